The van der Waals surface area contributed by atoms with Gasteiger partial charge in [0.25, 0.3) is 5.91 Å². The number of aryl methyl sites for hydroxylation is 2. The number of hydrogen-bond acceptors (Lipinski definition) is 4. The van der Waals surface area contributed by atoms with Crippen LogP contribution in [0.5, 0.6) is 5.75 Å². The average molecular weight is 570 g/mol. The Morgan fingerprint density at radius 1 is 0.974 bits per heavy atom. The van der Waals surface area contributed by atoms with Gasteiger partial charge in [0.2, 0.25) is 0 Å². The van der Waals surface area contributed by atoms with Gasteiger partial charge in [-0.3, -0.25) is 4.79 Å². The molecule has 8 heteroatoms. The molecule has 2 aromatic heterocycles. The maximum atomic E-state index is 13.9. The molecule has 0 unspecified atom stereocenters. The van der Waals surface area contributed by atoms with Gasteiger partial charge >= 0.3 is 0 Å². The largest absolute Gasteiger partial charge is 0.497 e. The molecular formula is C30H28BrN5O2. The number of carbonyl (C=O) groups is 1. The van der Waals surface area contributed by atoms with E-state index >= 15 is 0 Å². The van der Waals surface area contributed by atoms with Crippen molar-refractivity contribution >= 4 is 38.9 Å². The molecule has 3 heterocycles. The molecule has 192 valence electrons. The topological polar surface area (TPSA) is 72.6 Å². The van der Waals surface area contributed by atoms with E-state index in [1.54, 1.807) is 7.11 Å². The summed E-state index contributed by atoms with van der Waals surface area (Å²) in [5.41, 5.74) is 6.39. The number of nitrogens with one attached hydrogen (secondary N) is 2. The summed E-state index contributed by atoms with van der Waals surface area (Å²) in [6, 6.07) is 25.6. The minimum Gasteiger partial charge on any atom is -0.497 e. The van der Waals surface area contributed by atoms with Gasteiger partial charge in [-0.25, -0.2) is 4.52 Å². The predicted octanol–water partition coefficient (Wildman–Crippen LogP) is 6.77. The van der Waals surface area contributed by atoms with E-state index in [1.807, 2.05) is 83.4 Å². The van der Waals surface area contributed by atoms with Gasteiger partial charge in [0, 0.05) is 33.5 Å². The van der Waals surface area contributed by atoms with Crippen LogP contribution in [-0.4, -0.2) is 27.2 Å². The zero-order valence-corrected chi connectivity index (χ0v) is 22.7. The molecule has 6 rings (SSSR count). The van der Waals surface area contributed by atoms with Crippen molar-refractivity contribution in [1.82, 2.24) is 14.2 Å². The first-order valence-corrected chi connectivity index (χ1v) is 13.5. The number of para-hydroxylation sites is 1. The Bertz CT molecular complexity index is 1590. The first kappa shape index (κ1) is 24.3. The van der Waals surface area contributed by atoms with E-state index in [0.29, 0.717) is 12.2 Å². The van der Waals surface area contributed by atoms with Crippen molar-refractivity contribution in [2.75, 3.05) is 17.7 Å². The number of methoxy groups -OCH3 is 1. The van der Waals surface area contributed by atoms with Gasteiger partial charge in [-0.1, -0.05) is 46.3 Å². The van der Waals surface area contributed by atoms with Crippen LogP contribution < -0.4 is 15.4 Å². The highest BCUT2D eigenvalue weighted by atomic mass is 79.9. The van der Waals surface area contributed by atoms with Crippen LogP contribution in [0.1, 0.15) is 34.7 Å². The third-order valence-electron chi connectivity index (χ3n) is 6.98. The van der Waals surface area contributed by atoms with E-state index < -0.39 is 0 Å². The molecule has 0 saturated heterocycles. The Morgan fingerprint density at radius 3 is 2.47 bits per heavy atom. The summed E-state index contributed by atoms with van der Waals surface area (Å²) in [7, 11) is 1.66. The number of anilines is 2. The maximum Gasteiger partial charge on any atom is 0.275 e. The van der Waals surface area contributed by atoms with Crippen LogP contribution in [0.3, 0.4) is 0 Å². The lowest BCUT2D eigenvalue weighted by Crippen LogP contribution is -2.16. The third kappa shape index (κ3) is 4.56. The summed E-state index contributed by atoms with van der Waals surface area (Å²) in [5, 5.41) is 11.6. The van der Waals surface area contributed by atoms with Gasteiger partial charge in [-0.05, 0) is 73.4 Å². The average Bonchev–Trinajstić information content (AvgIpc) is 3.35. The minimum absolute atomic E-state index is 0.180. The quantitative estimate of drug-likeness (QED) is 0.227. The monoisotopic (exact) mass is 569 g/mol. The van der Waals surface area contributed by atoms with Crippen LogP contribution >= 0.6 is 15.9 Å². The molecule has 0 aliphatic carbocycles. The molecule has 1 amide bonds. The van der Waals surface area contributed by atoms with Crippen molar-refractivity contribution in [3.63, 3.8) is 0 Å². The standard InChI is InChI=1S/C30H28BrN5O2/c1-38-24-16-10-20(11-17-24)27-25-9-5-6-18-35-26(19-32-22-14-12-21(31)13-15-22)34-36(30(25)35)28(27)29(37)33-23-7-3-2-4-8-23/h2-4,7-8,10-17,32H,5-6,9,18-19H2,1H3,(H,33,37). The highest BCUT2D eigenvalue weighted by molar-refractivity contribution is 9.10. The number of aromatic nitrogens is 3. The van der Waals surface area contributed by atoms with Crippen LogP contribution in [0.2, 0.25) is 0 Å². The van der Waals surface area contributed by atoms with E-state index in [2.05, 4.69) is 31.1 Å². The Morgan fingerprint density at radius 2 is 1.74 bits per heavy atom. The molecule has 7 nitrogen and oxygen atoms in total. The highest BCUT2D eigenvalue weighted by Crippen LogP contribution is 2.37. The van der Waals surface area contributed by atoms with Gasteiger partial charge in [0.15, 0.2) is 5.82 Å². The second kappa shape index (κ2) is 10.4. The number of amides is 1. The van der Waals surface area contributed by atoms with Crippen LogP contribution in [0.15, 0.2) is 83.3 Å². The van der Waals surface area contributed by atoms with Gasteiger partial charge < -0.3 is 19.9 Å². The van der Waals surface area contributed by atoms with E-state index in [-0.39, 0.29) is 5.91 Å². The molecular weight excluding hydrogens is 542 g/mol. The molecule has 0 radical (unpaired) electrons. The summed E-state index contributed by atoms with van der Waals surface area (Å²) in [6.07, 6.45) is 2.98. The maximum absolute atomic E-state index is 13.9. The molecule has 0 fully saturated rings. The second-order valence-corrected chi connectivity index (χ2v) is 10.3. The Hall–Kier alpha value is -4.04. The molecule has 1 aliphatic heterocycles. The number of carbonyl (C=O) groups excluding carboxylic acids is 1. The number of rotatable bonds is 7. The number of hydrogen-bond donors (Lipinski definition) is 2. The SMILES string of the molecule is COc1ccc(-c2c3c4n(c(CNc5ccc(Br)cc5)nn4c2C(=O)Nc2ccccc2)CCCC3)cc1. The fraction of sp³-hybridized carbons (Fsp3) is 0.200. The fourth-order valence-corrected chi connectivity index (χ4v) is 5.44. The van der Waals surface area contributed by atoms with Crippen molar-refractivity contribution in [2.24, 2.45) is 0 Å². The molecule has 38 heavy (non-hydrogen) atoms. The number of halogens is 1. The van der Waals surface area contributed by atoms with Crippen molar-refractivity contribution in [2.45, 2.75) is 32.4 Å². The molecule has 0 saturated carbocycles. The van der Waals surface area contributed by atoms with Crippen LogP contribution in [-0.2, 0) is 19.5 Å². The zero-order valence-electron chi connectivity index (χ0n) is 21.1. The molecule has 0 bridgehead atoms. The third-order valence-corrected chi connectivity index (χ3v) is 7.51. The van der Waals surface area contributed by atoms with Gasteiger partial charge in [-0.15, -0.1) is 0 Å². The van der Waals surface area contributed by atoms with Crippen LogP contribution in [0.25, 0.3) is 16.8 Å². The van der Waals surface area contributed by atoms with Crippen molar-refractivity contribution in [1.29, 1.82) is 0 Å². The summed E-state index contributed by atoms with van der Waals surface area (Å²) in [5.74, 6) is 1.50. The first-order valence-electron chi connectivity index (χ1n) is 12.8. The summed E-state index contributed by atoms with van der Waals surface area (Å²) >= 11 is 3.49. The summed E-state index contributed by atoms with van der Waals surface area (Å²) in [6.45, 7) is 1.42. The molecule has 0 atom stereocenters. The lowest BCUT2D eigenvalue weighted by molar-refractivity contribution is 0.102. The number of benzene rings is 3. The number of nitrogens with zero attached hydrogens (tertiary/aromatic N) is 3. The van der Waals surface area contributed by atoms with Crippen molar-refractivity contribution in [3.05, 3.63) is 100 Å². The van der Waals surface area contributed by atoms with Gasteiger partial charge in [0.05, 0.1) is 13.7 Å². The lowest BCUT2D eigenvalue weighted by Gasteiger charge is -2.11. The molecule has 2 N–H and O–H groups in total. The van der Waals surface area contributed by atoms with E-state index in [0.717, 1.165) is 75.6 Å². The number of ether oxygens (including phenoxy) is 1. The van der Waals surface area contributed by atoms with Crippen molar-refractivity contribution < 1.29 is 9.53 Å². The van der Waals surface area contributed by atoms with Crippen LogP contribution in [0, 0.1) is 0 Å². The molecule has 3 aromatic carbocycles. The summed E-state index contributed by atoms with van der Waals surface area (Å²) in [4.78, 5) is 13.9. The molecule has 0 spiro atoms. The first-order chi connectivity index (χ1) is 18.6. The Labute approximate surface area is 229 Å². The van der Waals surface area contributed by atoms with Gasteiger partial charge in [-0.2, -0.15) is 5.10 Å². The molecule has 1 aliphatic rings. The second-order valence-electron chi connectivity index (χ2n) is 9.37. The predicted molar refractivity (Wildman–Crippen MR) is 154 cm³/mol. The highest BCUT2D eigenvalue weighted by Gasteiger charge is 2.30. The smallest absolute Gasteiger partial charge is 0.275 e. The zero-order chi connectivity index (χ0) is 26.1. The van der Waals surface area contributed by atoms with E-state index in [9.17, 15) is 4.79 Å². The fourth-order valence-electron chi connectivity index (χ4n) is 5.17. The normalized spacial score (nSPS) is 12.8. The molecule has 5 aromatic rings. The lowest BCUT2D eigenvalue weighted by atomic mass is 9.97. The Kier molecular flexibility index (Phi) is 6.64. The van der Waals surface area contributed by atoms with E-state index in [4.69, 9.17) is 9.84 Å². The van der Waals surface area contributed by atoms with Crippen LogP contribution in [0.4, 0.5) is 11.4 Å². The van der Waals surface area contributed by atoms with Crippen molar-refractivity contribution in [3.8, 4) is 16.9 Å². The minimum atomic E-state index is -0.180. The summed E-state index contributed by atoms with van der Waals surface area (Å²) < 4.78 is 10.6. The van der Waals surface area contributed by atoms with Gasteiger partial charge in [0.1, 0.15) is 17.1 Å². The van der Waals surface area contributed by atoms with E-state index in [1.165, 1.54) is 0 Å². The Balaban J connectivity index is 1.48.